The first-order valence-corrected chi connectivity index (χ1v) is 12.2. The minimum Gasteiger partial charge on any atom is -0.497 e. The molecule has 0 radical (unpaired) electrons. The number of carbonyl (C=O) groups excluding carboxylic acids is 1. The van der Waals surface area contributed by atoms with E-state index < -0.39 is 0 Å². The zero-order chi connectivity index (χ0) is 24.4. The van der Waals surface area contributed by atoms with Crippen LogP contribution in [-0.4, -0.2) is 39.5 Å². The molecule has 0 aliphatic rings. The summed E-state index contributed by atoms with van der Waals surface area (Å²) in [5, 5.41) is 4.88. The van der Waals surface area contributed by atoms with Crippen LogP contribution in [0.5, 0.6) is 5.75 Å². The molecule has 0 atom stereocenters. The van der Waals surface area contributed by atoms with Gasteiger partial charge in [-0.15, -0.1) is 11.3 Å². The topological polar surface area (TPSA) is 81.9 Å². The fraction of sp³-hybridized carbons (Fsp3) is 0.154. The zero-order valence-electron chi connectivity index (χ0n) is 19.2. The van der Waals surface area contributed by atoms with Crippen LogP contribution in [0.2, 0.25) is 5.02 Å². The Morgan fingerprint density at radius 3 is 2.63 bits per heavy atom. The molecule has 1 N–H and O–H groups in total. The van der Waals surface area contributed by atoms with Crippen molar-refractivity contribution in [3.8, 4) is 38.8 Å². The average molecular weight is 504 g/mol. The van der Waals surface area contributed by atoms with Crippen molar-refractivity contribution in [3.05, 3.63) is 66.1 Å². The van der Waals surface area contributed by atoms with Gasteiger partial charge in [-0.25, -0.2) is 15.0 Å². The maximum absolute atomic E-state index is 11.0. The van der Waals surface area contributed by atoms with Crippen molar-refractivity contribution in [2.75, 3.05) is 19.0 Å². The van der Waals surface area contributed by atoms with E-state index in [0.717, 1.165) is 43.8 Å². The highest BCUT2D eigenvalue weighted by atomic mass is 35.5. The van der Waals surface area contributed by atoms with E-state index in [1.54, 1.807) is 24.8 Å². The lowest BCUT2D eigenvalue weighted by Crippen LogP contribution is -2.06. The van der Waals surface area contributed by atoms with E-state index in [1.807, 2.05) is 66.3 Å². The number of thiophene rings is 1. The van der Waals surface area contributed by atoms with E-state index in [0.29, 0.717) is 35.3 Å². The number of nitrogens with zero attached hydrogens (tertiary/aromatic N) is 4. The van der Waals surface area contributed by atoms with Crippen LogP contribution >= 0.6 is 22.9 Å². The number of aromatic nitrogens is 4. The van der Waals surface area contributed by atoms with Gasteiger partial charge in [0.1, 0.15) is 28.4 Å². The number of imidazole rings is 1. The molecule has 5 aromatic rings. The third-order valence-electron chi connectivity index (χ3n) is 5.54. The molecule has 35 heavy (non-hydrogen) atoms. The molecule has 9 heteroatoms. The number of ether oxygens (including phenoxy) is 1. The van der Waals surface area contributed by atoms with Crippen LogP contribution in [0.1, 0.15) is 6.42 Å². The van der Waals surface area contributed by atoms with Gasteiger partial charge in [-0.05, 0) is 23.8 Å². The number of hydrogen-bond donors (Lipinski definition) is 1. The van der Waals surface area contributed by atoms with Crippen molar-refractivity contribution in [1.29, 1.82) is 0 Å². The molecule has 0 spiro atoms. The third kappa shape index (κ3) is 4.50. The molecule has 0 fully saturated rings. The van der Waals surface area contributed by atoms with Crippen molar-refractivity contribution in [3.63, 3.8) is 0 Å². The van der Waals surface area contributed by atoms with E-state index >= 15 is 0 Å². The maximum Gasteiger partial charge on any atom is 0.183 e. The van der Waals surface area contributed by atoms with Crippen LogP contribution in [0.3, 0.4) is 0 Å². The highest BCUT2D eigenvalue weighted by Crippen LogP contribution is 2.48. The quantitative estimate of drug-likeness (QED) is 0.204. The van der Waals surface area contributed by atoms with Crippen LogP contribution in [0.4, 0.5) is 5.82 Å². The number of aryl methyl sites for hydroxylation is 1. The molecule has 3 heterocycles. The molecule has 0 saturated heterocycles. The van der Waals surface area contributed by atoms with Crippen molar-refractivity contribution in [1.82, 2.24) is 19.5 Å². The van der Waals surface area contributed by atoms with Crippen LogP contribution in [0.15, 0.2) is 61.1 Å². The molecule has 0 bridgehead atoms. The Morgan fingerprint density at radius 2 is 1.94 bits per heavy atom. The molecule has 5 rings (SSSR count). The Labute approximate surface area is 211 Å². The summed E-state index contributed by atoms with van der Waals surface area (Å²) in [5.74, 6) is 1.93. The first-order chi connectivity index (χ1) is 17.1. The number of hydrogen-bond acceptors (Lipinski definition) is 7. The van der Waals surface area contributed by atoms with Crippen molar-refractivity contribution < 1.29 is 9.53 Å². The monoisotopic (exact) mass is 503 g/mol. The molecule has 0 aliphatic carbocycles. The number of halogens is 1. The van der Waals surface area contributed by atoms with Crippen LogP contribution in [0.25, 0.3) is 43.3 Å². The van der Waals surface area contributed by atoms with Gasteiger partial charge >= 0.3 is 0 Å². The van der Waals surface area contributed by atoms with Crippen LogP contribution < -0.4 is 10.1 Å². The first-order valence-electron chi connectivity index (χ1n) is 11.0. The lowest BCUT2D eigenvalue weighted by molar-refractivity contribution is -0.107. The molecule has 7 nitrogen and oxygen atoms in total. The van der Waals surface area contributed by atoms with Gasteiger partial charge in [0.05, 0.1) is 18.8 Å². The van der Waals surface area contributed by atoms with Gasteiger partial charge < -0.3 is 19.4 Å². The van der Waals surface area contributed by atoms with Crippen molar-refractivity contribution >= 4 is 45.3 Å². The lowest BCUT2D eigenvalue weighted by atomic mass is 9.99. The Morgan fingerprint density at radius 1 is 1.14 bits per heavy atom. The van der Waals surface area contributed by atoms with Crippen molar-refractivity contribution in [2.45, 2.75) is 6.42 Å². The molecule has 0 unspecified atom stereocenters. The van der Waals surface area contributed by atoms with Crippen LogP contribution in [0, 0.1) is 0 Å². The molecule has 0 amide bonds. The number of methoxy groups -OCH3 is 1. The van der Waals surface area contributed by atoms with Gasteiger partial charge in [0.2, 0.25) is 0 Å². The number of rotatable bonds is 8. The highest BCUT2D eigenvalue weighted by Gasteiger charge is 2.23. The summed E-state index contributed by atoms with van der Waals surface area (Å²) in [6.45, 7) is 0.455. The first kappa shape index (κ1) is 23.0. The fourth-order valence-corrected chi connectivity index (χ4v) is 5.41. The molecule has 0 aliphatic heterocycles. The summed E-state index contributed by atoms with van der Waals surface area (Å²) in [5.41, 5.74) is 3.55. The van der Waals surface area contributed by atoms with Gasteiger partial charge in [-0.2, -0.15) is 0 Å². The summed E-state index contributed by atoms with van der Waals surface area (Å²) in [4.78, 5) is 27.0. The van der Waals surface area contributed by atoms with Gasteiger partial charge in [-0.3, -0.25) is 0 Å². The van der Waals surface area contributed by atoms with Gasteiger partial charge in [0.25, 0.3) is 0 Å². The second kappa shape index (κ2) is 9.85. The Kier molecular flexibility index (Phi) is 6.48. The average Bonchev–Trinajstić information content (AvgIpc) is 3.48. The van der Waals surface area contributed by atoms with Gasteiger partial charge in [0.15, 0.2) is 5.82 Å². The number of nitrogens with one attached hydrogen (secondary N) is 1. The molecular weight excluding hydrogens is 482 g/mol. The number of fused-ring (bicyclic) bond motifs is 1. The molecule has 3 aromatic heterocycles. The summed E-state index contributed by atoms with van der Waals surface area (Å²) in [6.07, 6.45) is 4.85. The molecule has 0 saturated carbocycles. The maximum atomic E-state index is 11.0. The Bertz CT molecular complexity index is 1510. The minimum atomic E-state index is 0.365. The van der Waals surface area contributed by atoms with Crippen LogP contribution in [-0.2, 0) is 11.8 Å². The predicted molar refractivity (Wildman–Crippen MR) is 141 cm³/mol. The van der Waals surface area contributed by atoms with E-state index in [9.17, 15) is 4.79 Å². The molecular formula is C26H22ClN5O2S. The third-order valence-corrected chi connectivity index (χ3v) is 6.98. The summed E-state index contributed by atoms with van der Waals surface area (Å²) < 4.78 is 7.22. The smallest absolute Gasteiger partial charge is 0.183 e. The Hall–Kier alpha value is -3.75. The fourth-order valence-electron chi connectivity index (χ4n) is 3.89. The zero-order valence-corrected chi connectivity index (χ0v) is 20.7. The molecule has 176 valence electrons. The number of carbonyl (C=O) groups is 1. The van der Waals surface area contributed by atoms with Gasteiger partial charge in [0, 0.05) is 47.2 Å². The summed E-state index contributed by atoms with van der Waals surface area (Å²) in [6, 6.07) is 15.7. The molecule has 2 aromatic carbocycles. The minimum absolute atomic E-state index is 0.365. The van der Waals surface area contributed by atoms with E-state index in [-0.39, 0.29) is 0 Å². The normalized spacial score (nSPS) is 11.1. The number of benzene rings is 2. The highest BCUT2D eigenvalue weighted by molar-refractivity contribution is 7.22. The lowest BCUT2D eigenvalue weighted by Gasteiger charge is -2.11. The standard InChI is InChI=1S/C26H22ClN5O2S/c1-32-14-20(29-15-32)24-30-25(28-12-5-13-33)22-21(16-8-10-17(34-2)11-9-16)23(35-26(22)31-24)18-6-3-4-7-19(18)27/h3-4,6-11,13-15H,5,12H2,1-2H3,(H,28,30,31). The van der Waals surface area contributed by atoms with E-state index in [1.165, 1.54) is 0 Å². The largest absolute Gasteiger partial charge is 0.497 e. The Balaban J connectivity index is 1.81. The second-order valence-electron chi connectivity index (χ2n) is 7.90. The van der Waals surface area contributed by atoms with E-state index in [2.05, 4.69) is 10.3 Å². The van der Waals surface area contributed by atoms with E-state index in [4.69, 9.17) is 26.3 Å². The number of aldehydes is 1. The summed E-state index contributed by atoms with van der Waals surface area (Å²) in [7, 11) is 3.55. The SMILES string of the molecule is COc1ccc(-c2c(-c3ccccc3Cl)sc3nc(-c4cn(C)cn4)nc(NCCC=O)c23)cc1. The second-order valence-corrected chi connectivity index (χ2v) is 9.30. The predicted octanol–water partition coefficient (Wildman–Crippen LogP) is 6.09. The summed E-state index contributed by atoms with van der Waals surface area (Å²) >= 11 is 8.20. The van der Waals surface area contributed by atoms with Crippen molar-refractivity contribution in [2.24, 2.45) is 7.05 Å². The number of anilines is 1. The van der Waals surface area contributed by atoms with Gasteiger partial charge in [-0.1, -0.05) is 41.9 Å².